The molecule has 0 saturated heterocycles. The highest BCUT2D eigenvalue weighted by atomic mass is 19.1. The molecule has 45 heavy (non-hydrogen) atoms. The van der Waals surface area contributed by atoms with Crippen LogP contribution < -0.4 is 29.0 Å². The Labute approximate surface area is 260 Å². The maximum atomic E-state index is 14.6. The first-order valence-corrected chi connectivity index (χ1v) is 15.0. The number of halogens is 1. The fraction of sp³-hybridized carbons (Fsp3) is 0.343. The minimum Gasteiger partial charge on any atom is -0.493 e. The van der Waals surface area contributed by atoms with Crippen LogP contribution in [0.4, 0.5) is 10.1 Å². The van der Waals surface area contributed by atoms with Gasteiger partial charge in [0, 0.05) is 40.4 Å². The van der Waals surface area contributed by atoms with Crippen molar-refractivity contribution in [2.24, 2.45) is 0 Å². The molecule has 1 amide bonds. The summed E-state index contributed by atoms with van der Waals surface area (Å²) in [5.74, 6) is 1.04. The van der Waals surface area contributed by atoms with E-state index in [0.717, 1.165) is 5.56 Å². The summed E-state index contributed by atoms with van der Waals surface area (Å²) in [5.41, 5.74) is 0.786. The summed E-state index contributed by atoms with van der Waals surface area (Å²) in [6.45, 7) is 7.77. The minimum atomic E-state index is -1.65. The van der Waals surface area contributed by atoms with E-state index in [9.17, 15) is 19.4 Å². The van der Waals surface area contributed by atoms with Crippen molar-refractivity contribution in [1.82, 2.24) is 0 Å². The van der Waals surface area contributed by atoms with E-state index in [-0.39, 0.29) is 31.4 Å². The number of amides is 1. The molecule has 10 heteroatoms. The molecule has 3 atom stereocenters. The monoisotopic (exact) mass is 617 g/mol. The van der Waals surface area contributed by atoms with Gasteiger partial charge in [0.25, 0.3) is 0 Å². The molecule has 9 nitrogen and oxygen atoms in total. The Kier molecular flexibility index (Phi) is 8.69. The van der Waals surface area contributed by atoms with Gasteiger partial charge in [0.1, 0.15) is 41.7 Å². The quantitative estimate of drug-likeness (QED) is 0.212. The number of carbonyl (C=O) groups is 1. The molecule has 3 aliphatic heterocycles. The lowest BCUT2D eigenvalue weighted by Gasteiger charge is -2.33. The third kappa shape index (κ3) is 5.71. The van der Waals surface area contributed by atoms with E-state index in [2.05, 4.69) is 18.5 Å². The van der Waals surface area contributed by atoms with E-state index in [1.165, 1.54) is 12.1 Å². The number of carbonyl (C=O) groups excluding carboxylic acids is 1. The number of fused-ring (bicyclic) bond motifs is 3. The van der Waals surface area contributed by atoms with Gasteiger partial charge < -0.3 is 39.2 Å². The van der Waals surface area contributed by atoms with Crippen LogP contribution in [0.3, 0.4) is 0 Å². The maximum absolute atomic E-state index is 14.6. The molecular formula is C35H36FNO8. The normalized spacial score (nSPS) is 18.8. The maximum Gasteiger partial charge on any atom is 0.244 e. The summed E-state index contributed by atoms with van der Waals surface area (Å²) in [4.78, 5) is 14.6. The third-order valence-electron chi connectivity index (χ3n) is 8.32. The van der Waals surface area contributed by atoms with E-state index in [1.54, 1.807) is 36.4 Å². The summed E-state index contributed by atoms with van der Waals surface area (Å²) in [6, 6.07) is 11.1. The predicted octanol–water partition coefficient (Wildman–Crippen LogP) is 5.19. The Balaban J connectivity index is 1.56. The largest absolute Gasteiger partial charge is 0.493 e. The molecule has 3 N–H and O–H groups in total. The van der Waals surface area contributed by atoms with Gasteiger partial charge in [-0.1, -0.05) is 18.2 Å². The van der Waals surface area contributed by atoms with Crippen LogP contribution >= 0.6 is 0 Å². The van der Waals surface area contributed by atoms with Gasteiger partial charge in [-0.05, 0) is 56.0 Å². The van der Waals surface area contributed by atoms with Gasteiger partial charge in [-0.2, -0.15) is 0 Å². The Morgan fingerprint density at radius 3 is 2.16 bits per heavy atom. The Hall–Kier alpha value is -4.54. The summed E-state index contributed by atoms with van der Waals surface area (Å²) in [5, 5.41) is 24.2. The first kappa shape index (κ1) is 30.5. The summed E-state index contributed by atoms with van der Waals surface area (Å²) < 4.78 is 44.5. The van der Waals surface area contributed by atoms with Gasteiger partial charge in [0.2, 0.25) is 12.7 Å². The van der Waals surface area contributed by atoms with Crippen molar-refractivity contribution in [3.8, 4) is 28.7 Å². The van der Waals surface area contributed by atoms with Crippen LogP contribution in [-0.2, 0) is 16.6 Å². The van der Waals surface area contributed by atoms with Gasteiger partial charge >= 0.3 is 0 Å². The number of aliphatic hydroxyl groups is 2. The lowest BCUT2D eigenvalue weighted by Crippen LogP contribution is -2.38. The Bertz CT molecular complexity index is 1540. The molecule has 0 aliphatic carbocycles. The van der Waals surface area contributed by atoms with Crippen molar-refractivity contribution in [3.05, 3.63) is 95.8 Å². The van der Waals surface area contributed by atoms with Crippen molar-refractivity contribution < 1.29 is 43.1 Å². The van der Waals surface area contributed by atoms with Crippen LogP contribution in [0.2, 0.25) is 0 Å². The number of hydrogen-bond donors (Lipinski definition) is 3. The predicted molar refractivity (Wildman–Crippen MR) is 165 cm³/mol. The SMILES string of the molecule is C=CCC[C@@H](O)COc1cc2c(cc1C1(c3cc4c(cc3OC[C@H](O)CCC=C)OCO4)C(=O)Nc3cc(F)ccc31)OCC2. The van der Waals surface area contributed by atoms with Crippen molar-refractivity contribution >= 4 is 11.6 Å². The topological polar surface area (TPSA) is 116 Å². The fourth-order valence-corrected chi connectivity index (χ4v) is 6.08. The third-order valence-corrected chi connectivity index (χ3v) is 8.32. The van der Waals surface area contributed by atoms with E-state index in [4.69, 9.17) is 23.7 Å². The second kappa shape index (κ2) is 12.8. The molecule has 0 bridgehead atoms. The molecule has 6 rings (SSSR count). The van der Waals surface area contributed by atoms with Crippen LogP contribution in [0.25, 0.3) is 0 Å². The first-order valence-electron chi connectivity index (χ1n) is 15.0. The summed E-state index contributed by atoms with van der Waals surface area (Å²) >= 11 is 0. The number of rotatable bonds is 14. The molecule has 3 heterocycles. The first-order chi connectivity index (χ1) is 21.8. The van der Waals surface area contributed by atoms with Gasteiger partial charge in [-0.3, -0.25) is 4.79 Å². The molecule has 3 aromatic rings. The molecule has 3 aliphatic rings. The zero-order chi connectivity index (χ0) is 31.6. The molecule has 0 fully saturated rings. The molecule has 0 saturated carbocycles. The second-order valence-corrected chi connectivity index (χ2v) is 11.3. The van der Waals surface area contributed by atoms with E-state index in [0.29, 0.717) is 78.4 Å². The molecule has 1 unspecified atom stereocenters. The number of benzene rings is 3. The van der Waals surface area contributed by atoms with Crippen LogP contribution in [0.5, 0.6) is 28.7 Å². The van der Waals surface area contributed by atoms with Gasteiger partial charge in [-0.25, -0.2) is 4.39 Å². The van der Waals surface area contributed by atoms with Crippen molar-refractivity contribution in [2.75, 3.05) is 31.9 Å². The smallest absolute Gasteiger partial charge is 0.244 e. The highest BCUT2D eigenvalue weighted by Gasteiger charge is 2.54. The van der Waals surface area contributed by atoms with E-state index in [1.807, 2.05) is 6.07 Å². The Morgan fingerprint density at radius 1 is 0.867 bits per heavy atom. The summed E-state index contributed by atoms with van der Waals surface area (Å²) in [7, 11) is 0. The number of ether oxygens (including phenoxy) is 5. The van der Waals surface area contributed by atoms with Crippen molar-refractivity contribution in [1.29, 1.82) is 0 Å². The highest BCUT2D eigenvalue weighted by molar-refractivity contribution is 6.12. The molecular weight excluding hydrogens is 581 g/mol. The van der Waals surface area contributed by atoms with E-state index < -0.39 is 29.3 Å². The number of allylic oxidation sites excluding steroid dienone is 2. The molecule has 0 aromatic heterocycles. The average molecular weight is 618 g/mol. The standard InChI is InChI=1S/C35H36FNO8/c1-3-5-7-23(38)18-42-30-13-21-11-12-41-29(21)15-26(30)35(25-10-9-22(36)14-28(25)37-34(35)40)27-16-32-33(45-20-44-32)17-31(27)43-19-24(39)8-6-4-2/h3-4,9-10,13-17,23-24,38-39H,1-2,5-8,11-12,18-20H2,(H,37,40)/t23-,24-,35?/m1/s1. The molecule has 0 radical (unpaired) electrons. The number of aliphatic hydroxyl groups excluding tert-OH is 2. The Morgan fingerprint density at radius 2 is 1.49 bits per heavy atom. The van der Waals surface area contributed by atoms with E-state index >= 15 is 0 Å². The van der Waals surface area contributed by atoms with Gasteiger partial charge in [0.05, 0.1) is 18.8 Å². The van der Waals surface area contributed by atoms with Crippen molar-refractivity contribution in [2.45, 2.75) is 49.7 Å². The van der Waals surface area contributed by atoms with Crippen LogP contribution in [0, 0.1) is 5.82 Å². The van der Waals surface area contributed by atoms with Crippen LogP contribution in [0.1, 0.15) is 47.9 Å². The zero-order valence-electron chi connectivity index (χ0n) is 24.9. The second-order valence-electron chi connectivity index (χ2n) is 11.3. The lowest BCUT2D eigenvalue weighted by molar-refractivity contribution is -0.118. The van der Waals surface area contributed by atoms with Gasteiger partial charge in [0.15, 0.2) is 11.5 Å². The molecule has 0 spiro atoms. The summed E-state index contributed by atoms with van der Waals surface area (Å²) in [6.07, 6.45) is 4.60. The van der Waals surface area contributed by atoms with Crippen LogP contribution in [0.15, 0.2) is 67.8 Å². The fourth-order valence-electron chi connectivity index (χ4n) is 6.08. The highest BCUT2D eigenvalue weighted by Crippen LogP contribution is 2.56. The number of anilines is 1. The lowest BCUT2D eigenvalue weighted by atomic mass is 9.69. The molecule has 236 valence electrons. The number of hydrogen-bond acceptors (Lipinski definition) is 8. The average Bonchev–Trinajstić information content (AvgIpc) is 3.76. The van der Waals surface area contributed by atoms with Gasteiger partial charge in [-0.15, -0.1) is 13.2 Å². The molecule has 3 aromatic carbocycles. The van der Waals surface area contributed by atoms with Crippen LogP contribution in [-0.4, -0.2) is 54.9 Å². The minimum absolute atomic E-state index is 0.0230. The zero-order valence-corrected chi connectivity index (χ0v) is 24.9. The number of nitrogens with one attached hydrogen (secondary N) is 1. The van der Waals surface area contributed by atoms with Crippen molar-refractivity contribution in [3.63, 3.8) is 0 Å².